The summed E-state index contributed by atoms with van der Waals surface area (Å²) in [6, 6.07) is 0. The topological polar surface area (TPSA) is 111 Å². The zero-order chi connectivity index (χ0) is 45.7. The molecule has 2 unspecified atom stereocenters. The minimum absolute atomic E-state index is 0.0420. The Labute approximate surface area is 379 Å². The highest BCUT2D eigenvalue weighted by atomic mass is 31.2. The Bertz CT molecular complexity index is 1370. The summed E-state index contributed by atoms with van der Waals surface area (Å²) in [5.41, 5.74) is 0. The number of quaternary nitrogens is 1. The zero-order valence-corrected chi connectivity index (χ0v) is 40.7. The highest BCUT2D eigenvalue weighted by molar-refractivity contribution is 7.45. The average molecular weight is 886 g/mol. The number of nitrogens with zero attached hydrogens (tertiary/aromatic N) is 1. The number of ether oxygens (including phenoxy) is 2. The van der Waals surface area contributed by atoms with E-state index in [1.165, 1.54) is 6.42 Å². The van der Waals surface area contributed by atoms with Crippen molar-refractivity contribution in [2.24, 2.45) is 0 Å². The van der Waals surface area contributed by atoms with Crippen molar-refractivity contribution in [3.8, 4) is 0 Å². The zero-order valence-electron chi connectivity index (χ0n) is 39.8. The third-order valence-electron chi connectivity index (χ3n) is 9.57. The Morgan fingerprint density at radius 3 is 1.37 bits per heavy atom. The second-order valence-electron chi connectivity index (χ2n) is 16.7. The number of likely N-dealkylation sites (N-methyl/N-ethyl adjacent to an activating group) is 1. The van der Waals surface area contributed by atoms with Gasteiger partial charge < -0.3 is 27.9 Å². The Hall–Kier alpha value is -3.07. The number of esters is 2. The molecule has 0 aliphatic carbocycles. The second-order valence-corrected chi connectivity index (χ2v) is 18.1. The Morgan fingerprint density at radius 1 is 0.516 bits per heavy atom. The van der Waals surface area contributed by atoms with E-state index in [2.05, 4.69) is 111 Å². The van der Waals surface area contributed by atoms with Crippen molar-refractivity contribution >= 4 is 19.8 Å². The number of phosphoric acid groups is 1. The molecule has 0 aromatic heterocycles. The van der Waals surface area contributed by atoms with Crippen LogP contribution in [0.4, 0.5) is 0 Å². The van der Waals surface area contributed by atoms with Gasteiger partial charge in [-0.05, 0) is 89.9 Å². The maximum Gasteiger partial charge on any atom is 0.306 e. The molecule has 0 aliphatic heterocycles. The van der Waals surface area contributed by atoms with Crippen molar-refractivity contribution < 1.29 is 42.1 Å². The van der Waals surface area contributed by atoms with Gasteiger partial charge in [-0.15, -0.1) is 0 Å². The van der Waals surface area contributed by atoms with E-state index >= 15 is 0 Å². The summed E-state index contributed by atoms with van der Waals surface area (Å²) in [6.45, 7) is 3.99. The lowest BCUT2D eigenvalue weighted by Crippen LogP contribution is -2.37. The second kappa shape index (κ2) is 43.2. The van der Waals surface area contributed by atoms with Gasteiger partial charge in [-0.1, -0.05) is 162 Å². The first-order chi connectivity index (χ1) is 30.0. The van der Waals surface area contributed by atoms with Gasteiger partial charge in [0, 0.05) is 12.8 Å². The van der Waals surface area contributed by atoms with Crippen LogP contribution in [-0.4, -0.2) is 70.0 Å². The summed E-state index contributed by atoms with van der Waals surface area (Å²) in [4.78, 5) is 37.6. The van der Waals surface area contributed by atoms with Crippen LogP contribution >= 0.6 is 7.82 Å². The molecule has 0 bridgehead atoms. The van der Waals surface area contributed by atoms with Crippen molar-refractivity contribution in [3.63, 3.8) is 0 Å². The number of carbonyl (C=O) groups excluding carboxylic acids is 2. The van der Waals surface area contributed by atoms with Crippen LogP contribution in [0, 0.1) is 0 Å². The third kappa shape index (κ3) is 46.4. The highest BCUT2D eigenvalue weighted by Crippen LogP contribution is 2.38. The summed E-state index contributed by atoms with van der Waals surface area (Å²) in [6.07, 6.45) is 57.2. The highest BCUT2D eigenvalue weighted by Gasteiger charge is 2.21. The molecule has 0 aromatic rings. The van der Waals surface area contributed by atoms with Crippen LogP contribution in [0.5, 0.6) is 0 Å². The number of carbonyl (C=O) groups is 2. The molecule has 0 aliphatic rings. The maximum atomic E-state index is 12.7. The number of phosphoric ester groups is 1. The van der Waals surface area contributed by atoms with E-state index in [0.717, 1.165) is 122 Å². The standard InChI is InChI=1S/C52H88NO8P/c1-6-8-10-12-14-16-18-20-21-22-23-24-25-26-27-28-29-30-31-33-35-37-39-41-43-45-52(55)61-50(49-60-62(56,57)59-47-46-53(3,4)5)48-58-51(54)44-42-40-38-36-34-32-19-17-15-13-11-9-7-2/h8,10-11,13-14,16-17,19-21,23-24,26-27,29-30,50H,6-7,9,12,15,18,22,25,28,31-49H2,1-5H3/b10-8-,13-11-,16-14-,19-17-,21-20-,24-23-,27-26-,30-29-. The molecule has 0 fully saturated rings. The average Bonchev–Trinajstić information content (AvgIpc) is 3.23. The van der Waals surface area contributed by atoms with Crippen LogP contribution in [0.1, 0.15) is 168 Å². The van der Waals surface area contributed by atoms with Crippen molar-refractivity contribution in [2.75, 3.05) is 47.5 Å². The Balaban J connectivity index is 4.34. The molecule has 9 nitrogen and oxygen atoms in total. The fourth-order valence-electron chi connectivity index (χ4n) is 5.87. The lowest BCUT2D eigenvalue weighted by molar-refractivity contribution is -0.870. The largest absolute Gasteiger partial charge is 0.756 e. The molecular formula is C52H88NO8P. The van der Waals surface area contributed by atoms with E-state index in [9.17, 15) is 19.0 Å². The summed E-state index contributed by atoms with van der Waals surface area (Å²) in [5.74, 6) is -0.878. The van der Waals surface area contributed by atoms with E-state index < -0.39 is 32.5 Å². The molecular weight excluding hydrogens is 798 g/mol. The lowest BCUT2D eigenvalue weighted by atomic mass is 10.1. The van der Waals surface area contributed by atoms with Gasteiger partial charge >= 0.3 is 11.9 Å². The predicted octanol–water partition coefficient (Wildman–Crippen LogP) is 13.5. The number of hydrogen-bond donors (Lipinski definition) is 0. The van der Waals surface area contributed by atoms with Gasteiger partial charge in [0.1, 0.15) is 19.8 Å². The molecule has 0 aromatic carbocycles. The number of unbranched alkanes of at least 4 members (excludes halogenated alkanes) is 12. The van der Waals surface area contributed by atoms with Gasteiger partial charge in [0.15, 0.2) is 6.10 Å². The van der Waals surface area contributed by atoms with Crippen molar-refractivity contribution in [2.45, 2.75) is 174 Å². The first kappa shape index (κ1) is 58.9. The fraction of sp³-hybridized carbons (Fsp3) is 0.654. The van der Waals surface area contributed by atoms with Crippen molar-refractivity contribution in [1.82, 2.24) is 0 Å². The quantitative estimate of drug-likeness (QED) is 0.0196. The van der Waals surface area contributed by atoms with E-state index in [4.69, 9.17) is 18.5 Å². The summed E-state index contributed by atoms with van der Waals surface area (Å²) in [7, 11) is 1.13. The predicted molar refractivity (Wildman–Crippen MR) is 259 cm³/mol. The summed E-state index contributed by atoms with van der Waals surface area (Å²) >= 11 is 0. The van der Waals surface area contributed by atoms with E-state index in [1.54, 1.807) is 0 Å². The molecule has 0 saturated carbocycles. The minimum Gasteiger partial charge on any atom is -0.756 e. The van der Waals surface area contributed by atoms with E-state index in [-0.39, 0.29) is 26.1 Å². The SMILES string of the molecule is CC/C=C\C/C=C\C/C=C\C/C=C\C/C=C\C/C=C\CCCCCCCCC(=O)OC(COC(=O)CCCCCCC/C=C\C/C=C\CCC)COP(=O)([O-])OCC[N+](C)(C)C. The van der Waals surface area contributed by atoms with Crippen LogP contribution < -0.4 is 4.89 Å². The van der Waals surface area contributed by atoms with Crippen LogP contribution in [0.2, 0.25) is 0 Å². The van der Waals surface area contributed by atoms with Gasteiger partial charge in [0.2, 0.25) is 0 Å². The molecule has 0 N–H and O–H groups in total. The van der Waals surface area contributed by atoms with Crippen molar-refractivity contribution in [3.05, 3.63) is 97.2 Å². The molecule has 0 heterocycles. The Morgan fingerprint density at radius 2 is 0.919 bits per heavy atom. The molecule has 2 atom stereocenters. The molecule has 0 amide bonds. The molecule has 0 spiro atoms. The van der Waals surface area contributed by atoms with Gasteiger partial charge in [-0.2, -0.15) is 0 Å². The number of allylic oxidation sites excluding steroid dienone is 16. The molecule has 0 rings (SSSR count). The summed E-state index contributed by atoms with van der Waals surface area (Å²) in [5, 5.41) is 0. The van der Waals surface area contributed by atoms with Gasteiger partial charge in [0.05, 0.1) is 27.7 Å². The first-order valence-electron chi connectivity index (χ1n) is 23.9. The number of hydrogen-bond acceptors (Lipinski definition) is 8. The third-order valence-corrected chi connectivity index (χ3v) is 10.5. The molecule has 0 radical (unpaired) electrons. The van der Waals surface area contributed by atoms with Crippen LogP contribution in [0.3, 0.4) is 0 Å². The molecule has 354 valence electrons. The molecule has 62 heavy (non-hydrogen) atoms. The smallest absolute Gasteiger partial charge is 0.306 e. The summed E-state index contributed by atoms with van der Waals surface area (Å²) < 4.78 is 33.9. The first-order valence-corrected chi connectivity index (χ1v) is 25.4. The minimum atomic E-state index is -4.64. The molecule has 0 saturated heterocycles. The van der Waals surface area contributed by atoms with E-state index in [1.807, 2.05) is 21.1 Å². The molecule has 10 heteroatoms. The monoisotopic (exact) mass is 886 g/mol. The van der Waals surface area contributed by atoms with Crippen LogP contribution in [-0.2, 0) is 32.7 Å². The Kier molecular flexibility index (Phi) is 41.1. The van der Waals surface area contributed by atoms with Crippen LogP contribution in [0.15, 0.2) is 97.2 Å². The van der Waals surface area contributed by atoms with Gasteiger partial charge in [-0.25, -0.2) is 0 Å². The van der Waals surface area contributed by atoms with Gasteiger partial charge in [-0.3, -0.25) is 14.2 Å². The van der Waals surface area contributed by atoms with Gasteiger partial charge in [0.25, 0.3) is 7.82 Å². The number of rotatable bonds is 42. The fourth-order valence-corrected chi connectivity index (χ4v) is 6.60. The maximum absolute atomic E-state index is 12.7. The normalized spacial score (nSPS) is 14.4. The lowest BCUT2D eigenvalue weighted by Gasteiger charge is -2.28. The van der Waals surface area contributed by atoms with Crippen LogP contribution in [0.25, 0.3) is 0 Å². The van der Waals surface area contributed by atoms with Crippen molar-refractivity contribution in [1.29, 1.82) is 0 Å². The van der Waals surface area contributed by atoms with E-state index in [0.29, 0.717) is 23.9 Å².